The molecule has 0 radical (unpaired) electrons. The molecule has 0 fully saturated rings. The molecule has 2 rings (SSSR count). The van der Waals surface area contributed by atoms with Crippen molar-refractivity contribution in [1.82, 2.24) is 15.6 Å². The summed E-state index contributed by atoms with van der Waals surface area (Å²) in [7, 11) is 1.48. The normalized spacial score (nSPS) is 12.2. The summed E-state index contributed by atoms with van der Waals surface area (Å²) in [6.45, 7) is 0.370. The molecule has 0 aliphatic rings. The molecule has 142 valence electrons. The number of guanidine groups is 1. The Morgan fingerprint density at radius 1 is 1.27 bits per heavy atom. The third-order valence-electron chi connectivity index (χ3n) is 3.02. The van der Waals surface area contributed by atoms with E-state index < -0.39 is 23.5 Å². The van der Waals surface area contributed by atoms with Gasteiger partial charge in [0.1, 0.15) is 17.4 Å². The summed E-state index contributed by atoms with van der Waals surface area (Å²) in [5, 5.41) is 6.86. The number of aromatic nitrogens is 1. The SMILES string of the molecule is CN=C(NCCOc1ccc(F)cc1F)NCc1nc(C(F)(F)F)cs1. The maximum Gasteiger partial charge on any atom is 0.434 e. The summed E-state index contributed by atoms with van der Waals surface area (Å²) in [4.78, 5) is 7.39. The second-order valence-electron chi connectivity index (χ2n) is 4.90. The number of nitrogens with zero attached hydrogens (tertiary/aromatic N) is 2. The molecule has 0 aliphatic heterocycles. The predicted octanol–water partition coefficient (Wildman–Crippen LogP) is 3.18. The van der Waals surface area contributed by atoms with Crippen molar-refractivity contribution >= 4 is 17.3 Å². The number of rotatable bonds is 6. The Bertz CT molecular complexity index is 763. The van der Waals surface area contributed by atoms with Crippen LogP contribution in [0.5, 0.6) is 5.75 Å². The lowest BCUT2D eigenvalue weighted by atomic mass is 10.3. The highest BCUT2D eigenvalue weighted by Crippen LogP contribution is 2.29. The number of thiazole rings is 1. The van der Waals surface area contributed by atoms with E-state index in [4.69, 9.17) is 4.74 Å². The summed E-state index contributed by atoms with van der Waals surface area (Å²) in [6.07, 6.45) is -4.47. The Labute approximate surface area is 149 Å². The fourth-order valence-corrected chi connectivity index (χ4v) is 2.57. The van der Waals surface area contributed by atoms with Gasteiger partial charge in [0.25, 0.3) is 0 Å². The van der Waals surface area contributed by atoms with Gasteiger partial charge in [-0.25, -0.2) is 13.8 Å². The summed E-state index contributed by atoms with van der Waals surface area (Å²) < 4.78 is 68.8. The van der Waals surface area contributed by atoms with Crippen LogP contribution in [-0.2, 0) is 12.7 Å². The number of hydrogen-bond acceptors (Lipinski definition) is 4. The average Bonchev–Trinajstić information content (AvgIpc) is 3.05. The van der Waals surface area contributed by atoms with E-state index in [9.17, 15) is 22.0 Å². The van der Waals surface area contributed by atoms with Gasteiger partial charge in [0.2, 0.25) is 0 Å². The first-order chi connectivity index (χ1) is 12.3. The van der Waals surface area contributed by atoms with Crippen molar-refractivity contribution in [2.75, 3.05) is 20.2 Å². The van der Waals surface area contributed by atoms with Crippen molar-refractivity contribution in [3.05, 3.63) is 45.9 Å². The number of alkyl halides is 3. The van der Waals surface area contributed by atoms with E-state index in [-0.39, 0.29) is 30.5 Å². The topological polar surface area (TPSA) is 58.5 Å². The van der Waals surface area contributed by atoms with Crippen LogP contribution in [0.15, 0.2) is 28.6 Å². The molecule has 1 heterocycles. The summed E-state index contributed by atoms with van der Waals surface area (Å²) in [5.41, 5.74) is -0.933. The van der Waals surface area contributed by atoms with E-state index in [0.717, 1.165) is 22.8 Å². The van der Waals surface area contributed by atoms with Gasteiger partial charge in [-0.1, -0.05) is 0 Å². The van der Waals surface area contributed by atoms with Crippen molar-refractivity contribution in [1.29, 1.82) is 0 Å². The van der Waals surface area contributed by atoms with Gasteiger partial charge in [-0.2, -0.15) is 13.2 Å². The third kappa shape index (κ3) is 5.83. The van der Waals surface area contributed by atoms with Crippen LogP contribution < -0.4 is 15.4 Å². The van der Waals surface area contributed by atoms with Crippen LogP contribution in [0.2, 0.25) is 0 Å². The van der Waals surface area contributed by atoms with Crippen molar-refractivity contribution in [2.45, 2.75) is 12.7 Å². The largest absolute Gasteiger partial charge is 0.489 e. The average molecular weight is 394 g/mol. The molecule has 2 N–H and O–H groups in total. The van der Waals surface area contributed by atoms with E-state index in [1.165, 1.54) is 13.1 Å². The van der Waals surface area contributed by atoms with Crippen LogP contribution in [0.4, 0.5) is 22.0 Å². The minimum absolute atomic E-state index is 0.0634. The molecule has 11 heteroatoms. The van der Waals surface area contributed by atoms with Crippen LogP contribution >= 0.6 is 11.3 Å². The highest BCUT2D eigenvalue weighted by Gasteiger charge is 2.33. The zero-order valence-electron chi connectivity index (χ0n) is 13.5. The minimum Gasteiger partial charge on any atom is -0.489 e. The van der Waals surface area contributed by atoms with Crippen LogP contribution in [-0.4, -0.2) is 31.1 Å². The lowest BCUT2D eigenvalue weighted by Crippen LogP contribution is -2.38. The van der Waals surface area contributed by atoms with Crippen LogP contribution in [0.1, 0.15) is 10.7 Å². The number of halogens is 5. The summed E-state index contributed by atoms with van der Waals surface area (Å²) in [5.74, 6) is -1.28. The summed E-state index contributed by atoms with van der Waals surface area (Å²) >= 11 is 0.884. The Hall–Kier alpha value is -2.43. The van der Waals surface area contributed by atoms with Gasteiger partial charge in [0.05, 0.1) is 13.1 Å². The molecule has 0 saturated heterocycles. The number of benzene rings is 1. The Morgan fingerprint density at radius 3 is 2.65 bits per heavy atom. The molecule has 26 heavy (non-hydrogen) atoms. The third-order valence-corrected chi connectivity index (χ3v) is 3.87. The number of ether oxygens (including phenoxy) is 1. The maximum atomic E-state index is 13.4. The Morgan fingerprint density at radius 2 is 2.04 bits per heavy atom. The van der Waals surface area contributed by atoms with Crippen molar-refractivity contribution < 1.29 is 26.7 Å². The first kappa shape index (κ1) is 19.9. The van der Waals surface area contributed by atoms with Gasteiger partial charge in [-0.15, -0.1) is 11.3 Å². The van der Waals surface area contributed by atoms with Crippen LogP contribution in [0, 0.1) is 11.6 Å². The first-order valence-corrected chi connectivity index (χ1v) is 8.21. The van der Waals surface area contributed by atoms with Gasteiger partial charge in [-0.05, 0) is 12.1 Å². The Kier molecular flexibility index (Phi) is 6.72. The number of nitrogens with one attached hydrogen (secondary N) is 2. The lowest BCUT2D eigenvalue weighted by Gasteiger charge is -2.12. The zero-order valence-corrected chi connectivity index (χ0v) is 14.3. The van der Waals surface area contributed by atoms with E-state index in [0.29, 0.717) is 12.0 Å². The van der Waals surface area contributed by atoms with Gasteiger partial charge in [0.15, 0.2) is 23.2 Å². The molecule has 2 aromatic rings. The molecule has 0 aliphatic carbocycles. The predicted molar refractivity (Wildman–Crippen MR) is 87.2 cm³/mol. The van der Waals surface area contributed by atoms with Crippen molar-refractivity contribution in [3.8, 4) is 5.75 Å². The van der Waals surface area contributed by atoms with Gasteiger partial charge >= 0.3 is 6.18 Å². The number of hydrogen-bond donors (Lipinski definition) is 2. The monoisotopic (exact) mass is 394 g/mol. The van der Waals surface area contributed by atoms with Crippen molar-refractivity contribution in [3.63, 3.8) is 0 Å². The number of aliphatic imine (C=N–C) groups is 1. The van der Waals surface area contributed by atoms with Crippen LogP contribution in [0.3, 0.4) is 0 Å². The molecule has 1 aromatic carbocycles. The standard InChI is InChI=1S/C15H15F5N4OS/c1-21-14(23-7-13-24-12(8-26-13)15(18,19)20)22-4-5-25-11-3-2-9(16)6-10(11)17/h2-3,6,8H,4-5,7H2,1H3,(H2,21,22,23). The lowest BCUT2D eigenvalue weighted by molar-refractivity contribution is -0.140. The fourth-order valence-electron chi connectivity index (χ4n) is 1.82. The molecule has 0 atom stereocenters. The first-order valence-electron chi connectivity index (χ1n) is 7.33. The second-order valence-corrected chi connectivity index (χ2v) is 5.84. The molecule has 0 bridgehead atoms. The molecular formula is C15H15F5N4OS. The van der Waals surface area contributed by atoms with E-state index in [2.05, 4.69) is 20.6 Å². The quantitative estimate of drug-likeness (QED) is 0.342. The van der Waals surface area contributed by atoms with Crippen LogP contribution in [0.25, 0.3) is 0 Å². The second kappa shape index (κ2) is 8.79. The molecular weight excluding hydrogens is 379 g/mol. The molecule has 1 aromatic heterocycles. The smallest absolute Gasteiger partial charge is 0.434 e. The van der Waals surface area contributed by atoms with Gasteiger partial charge in [0, 0.05) is 18.5 Å². The maximum absolute atomic E-state index is 13.4. The highest BCUT2D eigenvalue weighted by atomic mass is 32.1. The fraction of sp³-hybridized carbons (Fsp3) is 0.333. The van der Waals surface area contributed by atoms with Gasteiger partial charge < -0.3 is 15.4 Å². The minimum atomic E-state index is -4.47. The van der Waals surface area contributed by atoms with Gasteiger partial charge in [-0.3, -0.25) is 4.99 Å². The molecule has 5 nitrogen and oxygen atoms in total. The Balaban J connectivity index is 1.75. The zero-order chi connectivity index (χ0) is 19.2. The molecule has 0 saturated carbocycles. The highest BCUT2D eigenvalue weighted by molar-refractivity contribution is 7.09. The van der Waals surface area contributed by atoms with E-state index in [1.54, 1.807) is 0 Å². The summed E-state index contributed by atoms with van der Waals surface area (Å²) in [6, 6.07) is 2.97. The molecule has 0 unspecified atom stereocenters. The van der Waals surface area contributed by atoms with E-state index in [1.807, 2.05) is 0 Å². The molecule has 0 spiro atoms. The van der Waals surface area contributed by atoms with Crippen molar-refractivity contribution in [2.24, 2.45) is 4.99 Å². The van der Waals surface area contributed by atoms with E-state index >= 15 is 0 Å². The molecule has 0 amide bonds.